The van der Waals surface area contributed by atoms with Gasteiger partial charge in [0.05, 0.1) is 6.10 Å². The summed E-state index contributed by atoms with van der Waals surface area (Å²) in [4.78, 5) is 0. The fraction of sp³-hybridized carbons (Fsp3) is 1.00. The first-order chi connectivity index (χ1) is 5.70. The normalized spacial score (nSPS) is 16.0. The summed E-state index contributed by atoms with van der Waals surface area (Å²) in [5.41, 5.74) is 0. The topological polar surface area (TPSA) is 9.23 Å². The van der Waals surface area contributed by atoms with Gasteiger partial charge < -0.3 is 4.74 Å². The summed E-state index contributed by atoms with van der Waals surface area (Å²) in [6, 6.07) is 0. The van der Waals surface area contributed by atoms with E-state index in [0.29, 0.717) is 6.10 Å². The molecule has 0 radical (unpaired) electrons. The SMILES string of the molecule is CCCC(C)COC(C)CCC. The van der Waals surface area contributed by atoms with E-state index >= 15 is 0 Å². The fourth-order valence-corrected chi connectivity index (χ4v) is 1.39. The van der Waals surface area contributed by atoms with E-state index in [9.17, 15) is 0 Å². The second-order valence-corrected chi connectivity index (χ2v) is 3.83. The van der Waals surface area contributed by atoms with Crippen LogP contribution in [0, 0.1) is 5.92 Å². The first-order valence-electron chi connectivity index (χ1n) is 5.32. The summed E-state index contributed by atoms with van der Waals surface area (Å²) < 4.78 is 5.70. The van der Waals surface area contributed by atoms with E-state index in [4.69, 9.17) is 4.74 Å². The van der Waals surface area contributed by atoms with Gasteiger partial charge in [-0.2, -0.15) is 0 Å². The highest BCUT2D eigenvalue weighted by Gasteiger charge is 2.04. The average molecular weight is 172 g/mol. The first kappa shape index (κ1) is 12.0. The van der Waals surface area contributed by atoms with Gasteiger partial charge in [-0.1, -0.05) is 33.6 Å². The standard InChI is InChI=1S/C11H24O/c1-5-7-10(3)9-12-11(4)8-6-2/h10-11H,5-9H2,1-4H3. The van der Waals surface area contributed by atoms with Crippen LogP contribution in [0.2, 0.25) is 0 Å². The molecule has 0 saturated heterocycles. The molecule has 0 aromatic heterocycles. The van der Waals surface area contributed by atoms with Crippen LogP contribution >= 0.6 is 0 Å². The quantitative estimate of drug-likeness (QED) is 0.570. The number of rotatable bonds is 7. The molecule has 0 fully saturated rings. The molecule has 0 aliphatic carbocycles. The van der Waals surface area contributed by atoms with Crippen LogP contribution < -0.4 is 0 Å². The molecule has 0 heterocycles. The zero-order valence-electron chi connectivity index (χ0n) is 9.10. The highest BCUT2D eigenvalue weighted by Crippen LogP contribution is 2.08. The summed E-state index contributed by atoms with van der Waals surface area (Å²) in [5, 5.41) is 0. The van der Waals surface area contributed by atoms with Gasteiger partial charge >= 0.3 is 0 Å². The number of ether oxygens (including phenoxy) is 1. The summed E-state index contributed by atoms with van der Waals surface area (Å²) in [6.07, 6.45) is 5.43. The molecule has 0 N–H and O–H groups in total. The van der Waals surface area contributed by atoms with Crippen molar-refractivity contribution in [2.45, 2.75) is 59.5 Å². The summed E-state index contributed by atoms with van der Waals surface area (Å²) in [6.45, 7) is 9.81. The van der Waals surface area contributed by atoms with Gasteiger partial charge in [-0.25, -0.2) is 0 Å². The molecule has 0 bridgehead atoms. The highest BCUT2D eigenvalue weighted by atomic mass is 16.5. The molecular formula is C11H24O. The minimum atomic E-state index is 0.453. The molecule has 1 nitrogen and oxygen atoms in total. The zero-order valence-corrected chi connectivity index (χ0v) is 9.10. The largest absolute Gasteiger partial charge is 0.378 e. The lowest BCUT2D eigenvalue weighted by molar-refractivity contribution is 0.0367. The van der Waals surface area contributed by atoms with Crippen LogP contribution in [0.5, 0.6) is 0 Å². The van der Waals surface area contributed by atoms with E-state index in [2.05, 4.69) is 27.7 Å². The van der Waals surface area contributed by atoms with Crippen LogP contribution in [-0.4, -0.2) is 12.7 Å². The van der Waals surface area contributed by atoms with Crippen molar-refractivity contribution < 1.29 is 4.74 Å². The van der Waals surface area contributed by atoms with Gasteiger partial charge in [0.25, 0.3) is 0 Å². The molecule has 2 unspecified atom stereocenters. The molecule has 0 aromatic carbocycles. The maximum absolute atomic E-state index is 5.70. The van der Waals surface area contributed by atoms with Crippen molar-refractivity contribution in [2.24, 2.45) is 5.92 Å². The highest BCUT2D eigenvalue weighted by molar-refractivity contribution is 4.53. The van der Waals surface area contributed by atoms with Crippen LogP contribution in [0.15, 0.2) is 0 Å². The maximum atomic E-state index is 5.70. The molecule has 0 amide bonds. The van der Waals surface area contributed by atoms with E-state index in [1.807, 2.05) is 0 Å². The fourth-order valence-electron chi connectivity index (χ4n) is 1.39. The van der Waals surface area contributed by atoms with Crippen molar-refractivity contribution in [1.82, 2.24) is 0 Å². The third-order valence-corrected chi connectivity index (χ3v) is 2.14. The van der Waals surface area contributed by atoms with Gasteiger partial charge in [0, 0.05) is 6.61 Å². The smallest absolute Gasteiger partial charge is 0.0547 e. The number of hydrogen-bond acceptors (Lipinski definition) is 1. The molecule has 0 aromatic rings. The van der Waals surface area contributed by atoms with Gasteiger partial charge in [-0.3, -0.25) is 0 Å². The molecular weight excluding hydrogens is 148 g/mol. The van der Waals surface area contributed by atoms with E-state index < -0.39 is 0 Å². The van der Waals surface area contributed by atoms with Crippen molar-refractivity contribution in [3.8, 4) is 0 Å². The van der Waals surface area contributed by atoms with Crippen LogP contribution in [-0.2, 0) is 4.74 Å². The first-order valence-corrected chi connectivity index (χ1v) is 5.32. The minimum Gasteiger partial charge on any atom is -0.378 e. The Morgan fingerprint density at radius 2 is 1.58 bits per heavy atom. The van der Waals surface area contributed by atoms with Crippen LogP contribution in [0.3, 0.4) is 0 Å². The van der Waals surface area contributed by atoms with E-state index in [1.165, 1.54) is 25.7 Å². The third-order valence-electron chi connectivity index (χ3n) is 2.14. The van der Waals surface area contributed by atoms with E-state index in [-0.39, 0.29) is 0 Å². The second kappa shape index (κ2) is 7.60. The van der Waals surface area contributed by atoms with Crippen LogP contribution in [0.1, 0.15) is 53.4 Å². The van der Waals surface area contributed by atoms with Gasteiger partial charge in [0.1, 0.15) is 0 Å². The van der Waals surface area contributed by atoms with Crippen molar-refractivity contribution in [3.05, 3.63) is 0 Å². The molecule has 12 heavy (non-hydrogen) atoms. The molecule has 0 aliphatic heterocycles. The minimum absolute atomic E-state index is 0.453. The summed E-state index contributed by atoms with van der Waals surface area (Å²) >= 11 is 0. The predicted octanol–water partition coefficient (Wildman–Crippen LogP) is 3.63. The molecule has 0 aliphatic rings. The Hall–Kier alpha value is -0.0400. The molecule has 0 rings (SSSR count). The molecule has 74 valence electrons. The average Bonchev–Trinajstić information content (AvgIpc) is 2.02. The Balaban J connectivity index is 3.27. The Bertz CT molecular complexity index is 79.0. The lowest BCUT2D eigenvalue weighted by atomic mass is 10.1. The Morgan fingerprint density at radius 1 is 1.00 bits per heavy atom. The lowest BCUT2D eigenvalue weighted by Crippen LogP contribution is -2.13. The lowest BCUT2D eigenvalue weighted by Gasteiger charge is -2.15. The van der Waals surface area contributed by atoms with Crippen molar-refractivity contribution in [1.29, 1.82) is 0 Å². The second-order valence-electron chi connectivity index (χ2n) is 3.83. The van der Waals surface area contributed by atoms with Crippen molar-refractivity contribution >= 4 is 0 Å². The monoisotopic (exact) mass is 172 g/mol. The van der Waals surface area contributed by atoms with E-state index in [1.54, 1.807) is 0 Å². The molecule has 1 heteroatoms. The molecule has 0 saturated carbocycles. The summed E-state index contributed by atoms with van der Waals surface area (Å²) in [5.74, 6) is 0.731. The third kappa shape index (κ3) is 6.66. The zero-order chi connectivity index (χ0) is 9.40. The molecule has 2 atom stereocenters. The van der Waals surface area contributed by atoms with E-state index in [0.717, 1.165) is 12.5 Å². The van der Waals surface area contributed by atoms with Gasteiger partial charge in [-0.15, -0.1) is 0 Å². The Kier molecular flexibility index (Phi) is 7.58. The Labute approximate surface area is 77.5 Å². The number of hydrogen-bond donors (Lipinski definition) is 0. The van der Waals surface area contributed by atoms with Crippen molar-refractivity contribution in [2.75, 3.05) is 6.61 Å². The van der Waals surface area contributed by atoms with Crippen molar-refractivity contribution in [3.63, 3.8) is 0 Å². The van der Waals surface area contributed by atoms with Crippen LogP contribution in [0.25, 0.3) is 0 Å². The van der Waals surface area contributed by atoms with Gasteiger partial charge in [0.2, 0.25) is 0 Å². The van der Waals surface area contributed by atoms with Gasteiger partial charge in [-0.05, 0) is 25.7 Å². The maximum Gasteiger partial charge on any atom is 0.0547 e. The molecule has 0 spiro atoms. The summed E-state index contributed by atoms with van der Waals surface area (Å²) in [7, 11) is 0. The van der Waals surface area contributed by atoms with Gasteiger partial charge in [0.15, 0.2) is 0 Å². The predicted molar refractivity (Wildman–Crippen MR) is 54.4 cm³/mol. The van der Waals surface area contributed by atoms with Crippen LogP contribution in [0.4, 0.5) is 0 Å². The Morgan fingerprint density at radius 3 is 2.08 bits per heavy atom.